The number of ether oxygens (including phenoxy) is 4. The Labute approximate surface area is 236 Å². The Morgan fingerprint density at radius 1 is 0.425 bits per heavy atom. The average molecular weight is 540 g/mol. The predicted molar refractivity (Wildman–Crippen MR) is 154 cm³/mol. The summed E-state index contributed by atoms with van der Waals surface area (Å²) in [5, 5.41) is 11.5. The molecule has 0 aromatic heterocycles. The molecule has 0 heterocycles. The van der Waals surface area contributed by atoms with Crippen molar-refractivity contribution in [2.75, 3.05) is 0 Å². The third-order valence-corrected chi connectivity index (χ3v) is 7.22. The standard InChI is InChI=1S/C34H37NO5/c35-29-30(36)32(38-22-26-15-7-2-8-16-26)34(40-24-28-19-11-4-12-20-28)33(39-23-27-17-9-3-10-18-27)31(29)37-21-25-13-5-1-6-14-25/h1-20,29-34,36H,21-24,35H2/t29-,30-,31-,32+,33-,34-/m1/s1. The summed E-state index contributed by atoms with van der Waals surface area (Å²) in [5.41, 5.74) is 10.7. The maximum Gasteiger partial charge on any atom is 0.115 e. The fourth-order valence-corrected chi connectivity index (χ4v) is 5.05. The minimum Gasteiger partial charge on any atom is -0.389 e. The van der Waals surface area contributed by atoms with Crippen LogP contribution in [0.1, 0.15) is 22.3 Å². The Kier molecular flexibility index (Phi) is 10.1. The molecule has 1 saturated carbocycles. The molecule has 0 saturated heterocycles. The molecule has 0 spiro atoms. The van der Waals surface area contributed by atoms with Crippen molar-refractivity contribution >= 4 is 0 Å². The lowest BCUT2D eigenvalue weighted by atomic mass is 9.82. The quantitative estimate of drug-likeness (QED) is 0.263. The zero-order chi connectivity index (χ0) is 27.6. The van der Waals surface area contributed by atoms with Crippen molar-refractivity contribution in [2.24, 2.45) is 5.73 Å². The van der Waals surface area contributed by atoms with Gasteiger partial charge in [-0.25, -0.2) is 0 Å². The number of nitrogens with two attached hydrogens (primary N) is 1. The minimum absolute atomic E-state index is 0.307. The second-order valence-electron chi connectivity index (χ2n) is 10.1. The van der Waals surface area contributed by atoms with Crippen LogP contribution in [0.3, 0.4) is 0 Å². The molecular formula is C34H37NO5. The fraction of sp³-hybridized carbons (Fsp3) is 0.294. The van der Waals surface area contributed by atoms with Gasteiger partial charge in [-0.15, -0.1) is 0 Å². The number of hydrogen-bond acceptors (Lipinski definition) is 6. The summed E-state index contributed by atoms with van der Waals surface area (Å²) in [6, 6.07) is 38.9. The first-order valence-electron chi connectivity index (χ1n) is 13.7. The van der Waals surface area contributed by atoms with Crippen molar-refractivity contribution in [2.45, 2.75) is 63.0 Å². The maximum atomic E-state index is 11.5. The number of benzene rings is 4. The van der Waals surface area contributed by atoms with Gasteiger partial charge in [0, 0.05) is 0 Å². The summed E-state index contributed by atoms with van der Waals surface area (Å²) in [6.45, 7) is 1.31. The number of hydrogen-bond donors (Lipinski definition) is 2. The van der Waals surface area contributed by atoms with E-state index in [0.29, 0.717) is 26.4 Å². The molecule has 3 N–H and O–H groups in total. The highest BCUT2D eigenvalue weighted by Gasteiger charge is 2.52. The first-order valence-corrected chi connectivity index (χ1v) is 13.7. The minimum atomic E-state index is -1.03. The summed E-state index contributed by atoms with van der Waals surface area (Å²) < 4.78 is 25.8. The molecule has 5 rings (SSSR count). The van der Waals surface area contributed by atoms with Gasteiger partial charge in [-0.05, 0) is 22.3 Å². The Morgan fingerprint density at radius 2 is 0.700 bits per heavy atom. The fourth-order valence-electron chi connectivity index (χ4n) is 5.05. The van der Waals surface area contributed by atoms with Gasteiger partial charge < -0.3 is 29.8 Å². The van der Waals surface area contributed by atoms with Gasteiger partial charge in [0.2, 0.25) is 0 Å². The number of aliphatic hydroxyl groups is 1. The first kappa shape index (κ1) is 28.2. The van der Waals surface area contributed by atoms with Gasteiger partial charge in [0.15, 0.2) is 0 Å². The molecule has 6 nitrogen and oxygen atoms in total. The highest BCUT2D eigenvalue weighted by molar-refractivity contribution is 5.17. The summed E-state index contributed by atoms with van der Waals surface area (Å²) >= 11 is 0. The Morgan fingerprint density at radius 3 is 1.05 bits per heavy atom. The molecule has 6 heteroatoms. The van der Waals surface area contributed by atoms with Gasteiger partial charge >= 0.3 is 0 Å². The van der Waals surface area contributed by atoms with Crippen LogP contribution in [0.5, 0.6) is 0 Å². The van der Waals surface area contributed by atoms with Crippen LogP contribution in [0.15, 0.2) is 121 Å². The zero-order valence-electron chi connectivity index (χ0n) is 22.5. The highest BCUT2D eigenvalue weighted by atomic mass is 16.6. The molecular weight excluding hydrogens is 502 g/mol. The van der Waals surface area contributed by atoms with Gasteiger partial charge in [0.25, 0.3) is 0 Å². The van der Waals surface area contributed by atoms with Crippen LogP contribution in [0, 0.1) is 0 Å². The van der Waals surface area contributed by atoms with Crippen LogP contribution in [-0.4, -0.2) is 41.7 Å². The van der Waals surface area contributed by atoms with Crippen LogP contribution < -0.4 is 5.73 Å². The molecule has 6 atom stereocenters. The lowest BCUT2D eigenvalue weighted by Gasteiger charge is -2.47. The van der Waals surface area contributed by atoms with Crippen molar-refractivity contribution in [3.63, 3.8) is 0 Å². The second-order valence-corrected chi connectivity index (χ2v) is 10.1. The van der Waals surface area contributed by atoms with E-state index >= 15 is 0 Å². The SMILES string of the molecule is N[C@@H]1[C@@H](O)[C@H](OCc2ccccc2)[C@@H](OCc2ccccc2)[C@H](OCc2ccccc2)[C@@H]1OCc1ccccc1. The molecule has 0 bridgehead atoms. The average Bonchev–Trinajstić information content (AvgIpc) is 3.01. The van der Waals surface area contributed by atoms with Crippen molar-refractivity contribution in [1.29, 1.82) is 0 Å². The van der Waals surface area contributed by atoms with Crippen molar-refractivity contribution < 1.29 is 24.1 Å². The normalized spacial score (nSPS) is 24.6. The molecule has 4 aromatic carbocycles. The third kappa shape index (κ3) is 7.43. The first-order chi connectivity index (χ1) is 19.7. The van der Waals surface area contributed by atoms with Crippen LogP contribution in [0.2, 0.25) is 0 Å². The molecule has 1 fully saturated rings. The summed E-state index contributed by atoms with van der Waals surface area (Å²) in [5.74, 6) is 0. The summed E-state index contributed by atoms with van der Waals surface area (Å²) in [4.78, 5) is 0. The van der Waals surface area contributed by atoms with Crippen LogP contribution in [0.25, 0.3) is 0 Å². The Bertz CT molecular complexity index is 1160. The highest BCUT2D eigenvalue weighted by Crippen LogP contribution is 2.32. The van der Waals surface area contributed by atoms with E-state index in [9.17, 15) is 5.11 Å². The van der Waals surface area contributed by atoms with Crippen molar-refractivity contribution in [1.82, 2.24) is 0 Å². The van der Waals surface area contributed by atoms with Gasteiger partial charge in [-0.3, -0.25) is 0 Å². The summed E-state index contributed by atoms with van der Waals surface area (Å²) in [7, 11) is 0. The van der Waals surface area contributed by atoms with E-state index in [1.165, 1.54) is 0 Å². The monoisotopic (exact) mass is 539 g/mol. The zero-order valence-corrected chi connectivity index (χ0v) is 22.5. The number of rotatable bonds is 12. The molecule has 0 unspecified atom stereocenters. The Hall–Kier alpha value is -3.36. The van der Waals surface area contributed by atoms with Gasteiger partial charge in [-0.2, -0.15) is 0 Å². The molecule has 1 aliphatic rings. The molecule has 208 valence electrons. The molecule has 0 amide bonds. The molecule has 4 aromatic rings. The van der Waals surface area contributed by atoms with Gasteiger partial charge in [-0.1, -0.05) is 121 Å². The van der Waals surface area contributed by atoms with E-state index < -0.39 is 36.6 Å². The molecule has 40 heavy (non-hydrogen) atoms. The molecule has 0 radical (unpaired) electrons. The number of aliphatic hydroxyl groups excluding tert-OH is 1. The Balaban J connectivity index is 1.42. The molecule has 1 aliphatic carbocycles. The van der Waals surface area contributed by atoms with Crippen molar-refractivity contribution in [3.8, 4) is 0 Å². The maximum absolute atomic E-state index is 11.5. The van der Waals surface area contributed by atoms with E-state index in [2.05, 4.69) is 0 Å². The third-order valence-electron chi connectivity index (χ3n) is 7.22. The largest absolute Gasteiger partial charge is 0.389 e. The van der Waals surface area contributed by atoms with Gasteiger partial charge in [0.1, 0.15) is 30.5 Å². The van der Waals surface area contributed by atoms with E-state index in [-0.39, 0.29) is 0 Å². The summed E-state index contributed by atoms with van der Waals surface area (Å²) in [6.07, 6.45) is -3.61. The van der Waals surface area contributed by atoms with E-state index in [1.807, 2.05) is 121 Å². The second kappa shape index (κ2) is 14.3. The smallest absolute Gasteiger partial charge is 0.115 e. The lowest BCUT2D eigenvalue weighted by molar-refractivity contribution is -0.247. The van der Waals surface area contributed by atoms with Crippen LogP contribution >= 0.6 is 0 Å². The van der Waals surface area contributed by atoms with E-state index in [0.717, 1.165) is 22.3 Å². The van der Waals surface area contributed by atoms with Crippen LogP contribution in [0.4, 0.5) is 0 Å². The van der Waals surface area contributed by atoms with E-state index in [4.69, 9.17) is 24.7 Å². The predicted octanol–water partition coefficient (Wildman–Crippen LogP) is 5.03. The van der Waals surface area contributed by atoms with E-state index in [1.54, 1.807) is 0 Å². The lowest BCUT2D eigenvalue weighted by Crippen LogP contribution is -2.68. The molecule has 0 aliphatic heterocycles. The van der Waals surface area contributed by atoms with Gasteiger partial charge in [0.05, 0.1) is 32.5 Å². The topological polar surface area (TPSA) is 83.2 Å². The van der Waals surface area contributed by atoms with Crippen molar-refractivity contribution in [3.05, 3.63) is 144 Å². The van der Waals surface area contributed by atoms with Crippen LogP contribution in [-0.2, 0) is 45.4 Å².